The van der Waals surface area contributed by atoms with E-state index in [1.165, 1.54) is 32.6 Å². The minimum atomic E-state index is 0.584. The van der Waals surface area contributed by atoms with Crippen LogP contribution in [0.1, 0.15) is 0 Å². The number of aromatic nitrogens is 5. The first kappa shape index (κ1) is 27.1. The molecule has 11 rings (SSSR count). The van der Waals surface area contributed by atoms with Crippen molar-refractivity contribution >= 4 is 59.9 Å². The van der Waals surface area contributed by atoms with Gasteiger partial charge in [-0.15, -0.1) is 0 Å². The van der Waals surface area contributed by atoms with Crippen LogP contribution in [0.4, 0.5) is 0 Å². The Morgan fingerprint density at radius 1 is 0.320 bits per heavy atom. The number of nitrogens with zero attached hydrogens (tertiary/aromatic N) is 5. The Kier molecular flexibility index (Phi) is 5.60. The minimum Gasteiger partial charge on any atom is -0.307 e. The van der Waals surface area contributed by atoms with Crippen LogP contribution in [0, 0.1) is 0 Å². The highest BCUT2D eigenvalue weighted by atomic mass is 15.2. The van der Waals surface area contributed by atoms with E-state index >= 15 is 0 Å². The van der Waals surface area contributed by atoms with Gasteiger partial charge in [0.1, 0.15) is 0 Å². The molecule has 0 spiro atoms. The van der Waals surface area contributed by atoms with Crippen molar-refractivity contribution in [3.05, 3.63) is 164 Å². The maximum absolute atomic E-state index is 5.37. The summed E-state index contributed by atoms with van der Waals surface area (Å²) < 4.78 is 4.60. The summed E-state index contributed by atoms with van der Waals surface area (Å²) in [7, 11) is 0. The van der Waals surface area contributed by atoms with Crippen LogP contribution in [0.3, 0.4) is 0 Å². The first-order valence-corrected chi connectivity index (χ1v) is 16.9. The SMILES string of the molecule is c1ccc(-c2ccccc2-c2nc(-c3cccc4c5cccc6c7ccccc7n(c34)c65)nc(-n3c4ccccc4c4ccccc43)n2)cc1. The molecule has 0 unspecified atom stereocenters. The summed E-state index contributed by atoms with van der Waals surface area (Å²) in [5.41, 5.74) is 9.70. The third kappa shape index (κ3) is 3.74. The number of hydrogen-bond acceptors (Lipinski definition) is 3. The van der Waals surface area contributed by atoms with Crippen molar-refractivity contribution < 1.29 is 0 Å². The van der Waals surface area contributed by atoms with E-state index in [2.05, 4.69) is 167 Å². The average molecular weight is 638 g/mol. The van der Waals surface area contributed by atoms with E-state index in [0.29, 0.717) is 17.6 Å². The zero-order chi connectivity index (χ0) is 32.8. The lowest BCUT2D eigenvalue weighted by Crippen LogP contribution is -2.07. The summed E-state index contributed by atoms with van der Waals surface area (Å²) >= 11 is 0. The topological polar surface area (TPSA) is 48.0 Å². The molecule has 5 heteroatoms. The maximum Gasteiger partial charge on any atom is 0.238 e. The van der Waals surface area contributed by atoms with Gasteiger partial charge in [-0.2, -0.15) is 9.97 Å². The van der Waals surface area contributed by atoms with E-state index < -0.39 is 0 Å². The quantitative estimate of drug-likeness (QED) is 0.193. The molecule has 11 aromatic rings. The van der Waals surface area contributed by atoms with Gasteiger partial charge in [-0.05, 0) is 35.4 Å². The number of benzene rings is 7. The third-order valence-electron chi connectivity index (χ3n) is 10.1. The summed E-state index contributed by atoms with van der Waals surface area (Å²) in [6, 6.07) is 57.6. The predicted octanol–water partition coefficient (Wildman–Crippen LogP) is 11.1. The molecule has 4 aromatic heterocycles. The van der Waals surface area contributed by atoms with Gasteiger partial charge < -0.3 is 4.40 Å². The fraction of sp³-hybridized carbons (Fsp3) is 0. The molecule has 0 saturated heterocycles. The van der Waals surface area contributed by atoms with Crippen molar-refractivity contribution in [2.45, 2.75) is 0 Å². The molecule has 4 heterocycles. The highest BCUT2D eigenvalue weighted by Crippen LogP contribution is 2.42. The molecule has 0 atom stereocenters. The van der Waals surface area contributed by atoms with Crippen LogP contribution < -0.4 is 0 Å². The Labute approximate surface area is 286 Å². The number of fused-ring (bicyclic) bond motifs is 9. The molecule has 0 fully saturated rings. The van der Waals surface area contributed by atoms with Crippen molar-refractivity contribution in [3.8, 4) is 39.9 Å². The first-order chi connectivity index (χ1) is 24.8. The van der Waals surface area contributed by atoms with Crippen LogP contribution >= 0.6 is 0 Å². The summed E-state index contributed by atoms with van der Waals surface area (Å²) in [4.78, 5) is 16.0. The van der Waals surface area contributed by atoms with Gasteiger partial charge in [-0.3, -0.25) is 4.57 Å². The molecule has 232 valence electrons. The van der Waals surface area contributed by atoms with Gasteiger partial charge in [0.25, 0.3) is 0 Å². The zero-order valence-corrected chi connectivity index (χ0v) is 26.8. The molecule has 0 aliphatic carbocycles. The Bertz CT molecular complexity index is 3040. The smallest absolute Gasteiger partial charge is 0.238 e. The number of para-hydroxylation sites is 5. The molecule has 7 aromatic carbocycles. The van der Waals surface area contributed by atoms with Crippen molar-refractivity contribution in [1.29, 1.82) is 0 Å². The van der Waals surface area contributed by atoms with E-state index in [4.69, 9.17) is 15.0 Å². The first-order valence-electron chi connectivity index (χ1n) is 16.9. The Morgan fingerprint density at radius 3 is 1.48 bits per heavy atom. The lowest BCUT2D eigenvalue weighted by molar-refractivity contribution is 0.954. The second kappa shape index (κ2) is 10.3. The molecule has 50 heavy (non-hydrogen) atoms. The van der Waals surface area contributed by atoms with Crippen LogP contribution in [0.2, 0.25) is 0 Å². The van der Waals surface area contributed by atoms with E-state index in [1.807, 2.05) is 6.07 Å². The lowest BCUT2D eigenvalue weighted by atomic mass is 9.99. The molecular weight excluding hydrogens is 611 g/mol. The van der Waals surface area contributed by atoms with Crippen molar-refractivity contribution in [3.63, 3.8) is 0 Å². The van der Waals surface area contributed by atoms with E-state index in [0.717, 1.165) is 49.6 Å². The largest absolute Gasteiger partial charge is 0.307 e. The van der Waals surface area contributed by atoms with Crippen LogP contribution in [0.15, 0.2) is 164 Å². The third-order valence-corrected chi connectivity index (χ3v) is 10.1. The number of rotatable bonds is 4. The summed E-state index contributed by atoms with van der Waals surface area (Å²) in [5.74, 6) is 1.84. The summed E-state index contributed by atoms with van der Waals surface area (Å²) in [5, 5.41) is 7.21. The van der Waals surface area contributed by atoms with Crippen molar-refractivity contribution in [1.82, 2.24) is 23.9 Å². The van der Waals surface area contributed by atoms with Crippen molar-refractivity contribution in [2.24, 2.45) is 0 Å². The maximum atomic E-state index is 5.37. The Morgan fingerprint density at radius 2 is 0.780 bits per heavy atom. The molecule has 0 N–H and O–H groups in total. The van der Waals surface area contributed by atoms with Gasteiger partial charge in [0.15, 0.2) is 11.6 Å². The standard InChI is InChI=1S/C45H27N5/c1-2-14-28(15-3-1)29-16-4-5-20-36(29)43-46-44(48-45(47-43)49-38-25-9-6-17-30(38)31-18-7-10-26-39(31)49)37-24-13-23-35-34-22-12-21-33-32-19-8-11-27-40(32)50(41(33)34)42(35)37/h1-27H. The van der Waals surface area contributed by atoms with Gasteiger partial charge in [-0.25, -0.2) is 4.98 Å². The van der Waals surface area contributed by atoms with Gasteiger partial charge in [-0.1, -0.05) is 140 Å². The molecular formula is C45H27N5. The predicted molar refractivity (Wildman–Crippen MR) is 205 cm³/mol. The highest BCUT2D eigenvalue weighted by molar-refractivity contribution is 6.24. The Hall–Kier alpha value is -6.85. The summed E-state index contributed by atoms with van der Waals surface area (Å²) in [6.45, 7) is 0. The van der Waals surface area contributed by atoms with E-state index in [1.54, 1.807) is 0 Å². The monoisotopic (exact) mass is 637 g/mol. The molecule has 0 saturated carbocycles. The van der Waals surface area contributed by atoms with E-state index in [-0.39, 0.29) is 0 Å². The van der Waals surface area contributed by atoms with Gasteiger partial charge in [0.05, 0.1) is 27.6 Å². The molecule has 0 bridgehead atoms. The highest BCUT2D eigenvalue weighted by Gasteiger charge is 2.23. The van der Waals surface area contributed by atoms with Crippen LogP contribution in [-0.2, 0) is 0 Å². The number of hydrogen-bond donors (Lipinski definition) is 0. The van der Waals surface area contributed by atoms with Gasteiger partial charge in [0, 0.05) is 43.4 Å². The van der Waals surface area contributed by atoms with Crippen LogP contribution in [0.5, 0.6) is 0 Å². The molecule has 0 aliphatic heterocycles. The molecule has 5 nitrogen and oxygen atoms in total. The lowest BCUT2D eigenvalue weighted by Gasteiger charge is -2.14. The van der Waals surface area contributed by atoms with Crippen molar-refractivity contribution in [2.75, 3.05) is 0 Å². The minimum absolute atomic E-state index is 0.584. The average Bonchev–Trinajstić information content (AvgIpc) is 3.83. The second-order valence-corrected chi connectivity index (χ2v) is 12.8. The molecule has 0 aliphatic rings. The Balaban J connectivity index is 1.28. The zero-order valence-electron chi connectivity index (χ0n) is 26.8. The fourth-order valence-corrected chi connectivity index (χ4v) is 8.04. The second-order valence-electron chi connectivity index (χ2n) is 12.8. The van der Waals surface area contributed by atoms with Crippen LogP contribution in [-0.4, -0.2) is 23.9 Å². The molecule has 0 amide bonds. The normalized spacial score (nSPS) is 12.0. The van der Waals surface area contributed by atoms with Gasteiger partial charge in [0.2, 0.25) is 5.95 Å². The van der Waals surface area contributed by atoms with Gasteiger partial charge >= 0.3 is 0 Å². The van der Waals surface area contributed by atoms with E-state index in [9.17, 15) is 0 Å². The molecule has 0 radical (unpaired) electrons. The van der Waals surface area contributed by atoms with Crippen LogP contribution in [0.25, 0.3) is 99.8 Å². The summed E-state index contributed by atoms with van der Waals surface area (Å²) in [6.07, 6.45) is 0. The fourth-order valence-electron chi connectivity index (χ4n) is 8.04.